The Morgan fingerprint density at radius 1 is 1.38 bits per heavy atom. The van der Waals surface area contributed by atoms with Crippen molar-refractivity contribution in [3.8, 4) is 0 Å². The molecule has 16 heavy (non-hydrogen) atoms. The zero-order valence-electron chi connectivity index (χ0n) is 8.82. The number of hydrogen-bond donors (Lipinski definition) is 1. The summed E-state index contributed by atoms with van der Waals surface area (Å²) in [4.78, 5) is 11.5. The van der Waals surface area contributed by atoms with Gasteiger partial charge in [-0.05, 0) is 35.1 Å². The SMILES string of the molecule is CCCCNC(=O)c1cc(I)c(F)cc1F. The first-order valence-corrected chi connectivity index (χ1v) is 6.07. The molecule has 1 N–H and O–H groups in total. The quantitative estimate of drug-likeness (QED) is 0.510. The second-order valence-corrected chi connectivity index (χ2v) is 4.52. The van der Waals surface area contributed by atoms with E-state index < -0.39 is 17.5 Å². The Balaban J connectivity index is 2.79. The largest absolute Gasteiger partial charge is 0.352 e. The Bertz CT molecular complexity index is 396. The lowest BCUT2D eigenvalue weighted by Gasteiger charge is -2.06. The van der Waals surface area contributed by atoms with Gasteiger partial charge in [-0.1, -0.05) is 13.3 Å². The minimum absolute atomic E-state index is 0.109. The summed E-state index contributed by atoms with van der Waals surface area (Å²) >= 11 is 1.72. The maximum Gasteiger partial charge on any atom is 0.254 e. The first-order valence-electron chi connectivity index (χ1n) is 4.99. The van der Waals surface area contributed by atoms with Crippen LogP contribution in [0.4, 0.5) is 8.78 Å². The summed E-state index contributed by atoms with van der Waals surface area (Å²) in [6, 6.07) is 1.95. The molecular weight excluding hydrogens is 327 g/mol. The van der Waals surface area contributed by atoms with Crippen molar-refractivity contribution in [3.63, 3.8) is 0 Å². The molecule has 0 saturated carbocycles. The second-order valence-electron chi connectivity index (χ2n) is 3.36. The third-order valence-corrected chi connectivity index (χ3v) is 2.90. The predicted molar refractivity (Wildman–Crippen MR) is 66.3 cm³/mol. The highest BCUT2D eigenvalue weighted by Crippen LogP contribution is 2.16. The van der Waals surface area contributed by atoms with E-state index in [1.165, 1.54) is 6.07 Å². The average Bonchev–Trinajstić information content (AvgIpc) is 2.23. The number of nitrogens with one attached hydrogen (secondary N) is 1. The zero-order chi connectivity index (χ0) is 12.1. The monoisotopic (exact) mass is 339 g/mol. The molecule has 1 aromatic rings. The van der Waals surface area contributed by atoms with E-state index in [0.717, 1.165) is 18.9 Å². The van der Waals surface area contributed by atoms with Crippen molar-refractivity contribution in [2.45, 2.75) is 19.8 Å². The molecule has 5 heteroatoms. The van der Waals surface area contributed by atoms with Gasteiger partial charge in [0.15, 0.2) is 0 Å². The van der Waals surface area contributed by atoms with Crippen LogP contribution in [0.2, 0.25) is 0 Å². The Morgan fingerprint density at radius 3 is 2.69 bits per heavy atom. The third kappa shape index (κ3) is 3.40. The first kappa shape index (κ1) is 13.3. The third-order valence-electron chi connectivity index (χ3n) is 2.07. The van der Waals surface area contributed by atoms with Gasteiger partial charge in [-0.2, -0.15) is 0 Å². The molecular formula is C11H12F2INO. The van der Waals surface area contributed by atoms with Crippen LogP contribution in [0.15, 0.2) is 12.1 Å². The Kier molecular flexibility index (Phi) is 5.11. The van der Waals surface area contributed by atoms with E-state index in [0.29, 0.717) is 6.54 Å². The van der Waals surface area contributed by atoms with Crippen molar-refractivity contribution in [2.75, 3.05) is 6.54 Å². The number of halogens is 3. The van der Waals surface area contributed by atoms with Gasteiger partial charge in [-0.15, -0.1) is 0 Å². The van der Waals surface area contributed by atoms with Gasteiger partial charge >= 0.3 is 0 Å². The number of benzene rings is 1. The van der Waals surface area contributed by atoms with E-state index in [1.54, 1.807) is 22.6 Å². The van der Waals surface area contributed by atoms with Crippen molar-refractivity contribution in [2.24, 2.45) is 0 Å². The van der Waals surface area contributed by atoms with Crippen LogP contribution in [0, 0.1) is 15.2 Å². The molecule has 0 radical (unpaired) electrons. The van der Waals surface area contributed by atoms with E-state index in [-0.39, 0.29) is 9.13 Å². The van der Waals surface area contributed by atoms with Gasteiger partial charge in [0.2, 0.25) is 0 Å². The molecule has 1 amide bonds. The summed E-state index contributed by atoms with van der Waals surface area (Å²) < 4.78 is 26.5. The maximum atomic E-state index is 13.3. The van der Waals surface area contributed by atoms with Gasteiger partial charge in [0.25, 0.3) is 5.91 Å². The molecule has 0 bridgehead atoms. The fourth-order valence-corrected chi connectivity index (χ4v) is 1.64. The second kappa shape index (κ2) is 6.12. The molecule has 0 atom stereocenters. The fourth-order valence-electron chi connectivity index (χ4n) is 1.17. The lowest BCUT2D eigenvalue weighted by molar-refractivity contribution is 0.0949. The van der Waals surface area contributed by atoms with Gasteiger partial charge < -0.3 is 5.32 Å². The fraction of sp³-hybridized carbons (Fsp3) is 0.364. The van der Waals surface area contributed by atoms with Gasteiger partial charge in [-0.25, -0.2) is 8.78 Å². The summed E-state index contributed by atoms with van der Waals surface area (Å²) in [5.41, 5.74) is -0.109. The standard InChI is InChI=1S/C11H12F2INO/c1-2-3-4-15-11(16)7-5-10(14)9(13)6-8(7)12/h5-6H,2-4H2,1H3,(H,15,16). The molecule has 1 rings (SSSR count). The molecule has 0 aliphatic carbocycles. The van der Waals surface area contributed by atoms with E-state index in [2.05, 4.69) is 5.32 Å². The Hall–Kier alpha value is -0.720. The lowest BCUT2D eigenvalue weighted by atomic mass is 10.2. The molecule has 0 spiro atoms. The minimum atomic E-state index is -0.827. The number of unbranched alkanes of at least 4 members (excludes halogenated alkanes) is 1. The minimum Gasteiger partial charge on any atom is -0.352 e. The molecule has 0 heterocycles. The zero-order valence-corrected chi connectivity index (χ0v) is 11.0. The molecule has 0 unspecified atom stereocenters. The summed E-state index contributed by atoms with van der Waals surface area (Å²) in [5.74, 6) is -1.97. The highest BCUT2D eigenvalue weighted by atomic mass is 127. The van der Waals surface area contributed by atoms with E-state index >= 15 is 0 Å². The van der Waals surface area contributed by atoms with Crippen LogP contribution in [-0.4, -0.2) is 12.5 Å². The lowest BCUT2D eigenvalue weighted by Crippen LogP contribution is -2.25. The Labute approximate surface area is 107 Å². The Morgan fingerprint density at radius 2 is 2.06 bits per heavy atom. The molecule has 0 fully saturated rings. The van der Waals surface area contributed by atoms with Crippen LogP contribution in [0.25, 0.3) is 0 Å². The summed E-state index contributed by atoms with van der Waals surface area (Å²) in [7, 11) is 0. The normalized spacial score (nSPS) is 10.2. The van der Waals surface area contributed by atoms with Crippen LogP contribution in [0.3, 0.4) is 0 Å². The van der Waals surface area contributed by atoms with Gasteiger partial charge in [0.1, 0.15) is 11.6 Å². The highest BCUT2D eigenvalue weighted by molar-refractivity contribution is 14.1. The van der Waals surface area contributed by atoms with Crippen molar-refractivity contribution in [3.05, 3.63) is 32.9 Å². The average molecular weight is 339 g/mol. The van der Waals surface area contributed by atoms with Crippen molar-refractivity contribution >= 4 is 28.5 Å². The molecule has 0 aromatic heterocycles. The number of rotatable bonds is 4. The van der Waals surface area contributed by atoms with E-state index in [9.17, 15) is 13.6 Å². The van der Waals surface area contributed by atoms with Crippen LogP contribution in [0.5, 0.6) is 0 Å². The van der Waals surface area contributed by atoms with Crippen LogP contribution < -0.4 is 5.32 Å². The van der Waals surface area contributed by atoms with Gasteiger partial charge in [0.05, 0.1) is 5.56 Å². The van der Waals surface area contributed by atoms with Crippen molar-refractivity contribution in [1.29, 1.82) is 0 Å². The molecule has 0 saturated heterocycles. The van der Waals surface area contributed by atoms with Gasteiger partial charge in [0, 0.05) is 16.2 Å². The molecule has 2 nitrogen and oxygen atoms in total. The molecule has 1 aromatic carbocycles. The van der Waals surface area contributed by atoms with Crippen LogP contribution in [0.1, 0.15) is 30.1 Å². The molecule has 88 valence electrons. The smallest absolute Gasteiger partial charge is 0.254 e. The predicted octanol–water partition coefficient (Wildman–Crippen LogP) is 3.10. The molecule has 0 aliphatic rings. The van der Waals surface area contributed by atoms with E-state index in [1.807, 2.05) is 6.92 Å². The number of amides is 1. The summed E-state index contributed by atoms with van der Waals surface area (Å²) in [6.07, 6.45) is 1.79. The summed E-state index contributed by atoms with van der Waals surface area (Å²) in [6.45, 7) is 2.50. The van der Waals surface area contributed by atoms with Crippen molar-refractivity contribution < 1.29 is 13.6 Å². The van der Waals surface area contributed by atoms with Crippen LogP contribution >= 0.6 is 22.6 Å². The van der Waals surface area contributed by atoms with Crippen LogP contribution in [-0.2, 0) is 0 Å². The van der Waals surface area contributed by atoms with Gasteiger partial charge in [-0.3, -0.25) is 4.79 Å². The summed E-state index contributed by atoms with van der Waals surface area (Å²) in [5, 5.41) is 2.58. The topological polar surface area (TPSA) is 29.1 Å². The van der Waals surface area contributed by atoms with E-state index in [4.69, 9.17) is 0 Å². The number of hydrogen-bond acceptors (Lipinski definition) is 1. The maximum absolute atomic E-state index is 13.3. The van der Waals surface area contributed by atoms with Crippen molar-refractivity contribution in [1.82, 2.24) is 5.32 Å². The number of carbonyl (C=O) groups is 1. The number of carbonyl (C=O) groups excluding carboxylic acids is 1. The highest BCUT2D eigenvalue weighted by Gasteiger charge is 2.14. The molecule has 0 aliphatic heterocycles. The first-order chi connectivity index (χ1) is 7.56.